The summed E-state index contributed by atoms with van der Waals surface area (Å²) in [5, 5.41) is 0. The lowest BCUT2D eigenvalue weighted by Gasteiger charge is -2.13. The van der Waals surface area contributed by atoms with Crippen molar-refractivity contribution in [1.29, 1.82) is 0 Å². The molecule has 2 aromatic heterocycles. The van der Waals surface area contributed by atoms with Crippen LogP contribution in [-0.4, -0.2) is 15.3 Å². The number of hydrogen-bond donors (Lipinski definition) is 0. The van der Waals surface area contributed by atoms with E-state index in [1.54, 1.807) is 12.3 Å². The Hall–Kier alpha value is -3.30. The van der Waals surface area contributed by atoms with Gasteiger partial charge in [0.05, 0.1) is 5.56 Å². The maximum atomic E-state index is 13.1. The summed E-state index contributed by atoms with van der Waals surface area (Å²) >= 11 is 0. The molecule has 0 N–H and O–H groups in total. The van der Waals surface area contributed by atoms with E-state index < -0.39 is 5.95 Å². The Balaban J connectivity index is 0. The van der Waals surface area contributed by atoms with Crippen molar-refractivity contribution < 1.29 is 10.6 Å². The molecule has 1 aliphatic rings. The van der Waals surface area contributed by atoms with Crippen molar-refractivity contribution in [1.82, 2.24) is 9.55 Å². The number of halogens is 1. The summed E-state index contributed by atoms with van der Waals surface area (Å²) in [5.41, 5.74) is 5.73. The SMILES string of the molecule is C=C=C(/C=C1\CCCCn2cc(C(=O)C=C)c(=O)cc21)c1ccc(F)nc1.CC.CC.CC(C)C.[HH]. The number of pyridine rings is 2. The average Bonchev–Trinajstić information content (AvgIpc) is 3.06. The molecule has 4 nitrogen and oxygen atoms in total. The first-order valence-corrected chi connectivity index (χ1v) is 12.4. The molecule has 3 heterocycles. The topological polar surface area (TPSA) is 52.0 Å². The number of allylic oxidation sites excluding steroid dienone is 4. The van der Waals surface area contributed by atoms with Crippen LogP contribution in [0.1, 0.15) is 90.8 Å². The molecule has 0 saturated heterocycles. The van der Waals surface area contributed by atoms with Crippen LogP contribution in [0.15, 0.2) is 66.4 Å². The number of fused-ring (bicyclic) bond motifs is 1. The Bertz CT molecular complexity index is 1090. The second kappa shape index (κ2) is 17.2. The molecule has 0 radical (unpaired) electrons. The molecule has 0 saturated carbocycles. The van der Waals surface area contributed by atoms with E-state index in [1.807, 2.05) is 38.3 Å². The van der Waals surface area contributed by atoms with Gasteiger partial charge in [0.2, 0.25) is 5.95 Å². The third-order valence-corrected chi connectivity index (χ3v) is 4.55. The summed E-state index contributed by atoms with van der Waals surface area (Å²) in [4.78, 5) is 28.0. The number of nitrogens with zero attached hydrogens (tertiary/aromatic N) is 2. The highest BCUT2D eigenvalue weighted by atomic mass is 19.1. The van der Waals surface area contributed by atoms with Crippen LogP contribution in [0.2, 0.25) is 0 Å². The van der Waals surface area contributed by atoms with E-state index in [4.69, 9.17) is 0 Å². The third kappa shape index (κ3) is 10.2. The lowest BCUT2D eigenvalue weighted by atomic mass is 9.99. The Morgan fingerprint density at radius 1 is 1.20 bits per heavy atom. The van der Waals surface area contributed by atoms with Gasteiger partial charge in [0.15, 0.2) is 11.2 Å². The van der Waals surface area contributed by atoms with Gasteiger partial charge in [0, 0.05) is 43.3 Å². The van der Waals surface area contributed by atoms with Crippen LogP contribution in [-0.2, 0) is 6.54 Å². The Morgan fingerprint density at radius 3 is 2.34 bits per heavy atom. The molecule has 0 atom stereocenters. The molecule has 0 aliphatic carbocycles. The van der Waals surface area contributed by atoms with Crippen LogP contribution in [0.25, 0.3) is 11.1 Å². The van der Waals surface area contributed by atoms with Crippen molar-refractivity contribution in [3.8, 4) is 0 Å². The maximum absolute atomic E-state index is 13.1. The van der Waals surface area contributed by atoms with Gasteiger partial charge in [-0.2, -0.15) is 4.39 Å². The first-order chi connectivity index (χ1) is 16.8. The van der Waals surface area contributed by atoms with E-state index in [-0.39, 0.29) is 18.2 Å². The molecule has 0 spiro atoms. The van der Waals surface area contributed by atoms with E-state index in [9.17, 15) is 14.0 Å². The molecule has 0 fully saturated rings. The molecule has 5 heteroatoms. The molecule has 192 valence electrons. The zero-order valence-corrected chi connectivity index (χ0v) is 22.5. The van der Waals surface area contributed by atoms with E-state index in [0.717, 1.165) is 49.1 Å². The minimum Gasteiger partial charge on any atom is -0.347 e. The molecule has 35 heavy (non-hydrogen) atoms. The van der Waals surface area contributed by atoms with Gasteiger partial charge in [0.25, 0.3) is 0 Å². The third-order valence-electron chi connectivity index (χ3n) is 4.55. The highest BCUT2D eigenvalue weighted by Gasteiger charge is 2.17. The predicted molar refractivity (Wildman–Crippen MR) is 149 cm³/mol. The number of aromatic nitrogens is 2. The number of carbonyl (C=O) groups excluding carboxylic acids is 1. The molecule has 0 aromatic carbocycles. The number of rotatable bonds is 4. The van der Waals surface area contributed by atoms with Crippen molar-refractivity contribution in [3.05, 3.63) is 94.6 Å². The summed E-state index contributed by atoms with van der Waals surface area (Å²) in [7, 11) is 0. The Kier molecular flexibility index (Phi) is 15.6. The summed E-state index contributed by atoms with van der Waals surface area (Å²) in [6.45, 7) is 22.4. The van der Waals surface area contributed by atoms with E-state index >= 15 is 0 Å². The zero-order chi connectivity index (χ0) is 27.0. The normalized spacial score (nSPS) is 12.8. The van der Waals surface area contributed by atoms with Gasteiger partial charge in [-0.15, -0.1) is 5.73 Å². The minimum absolute atomic E-state index is 0. The van der Waals surface area contributed by atoms with Gasteiger partial charge in [-0.25, -0.2) is 4.98 Å². The molecule has 0 bridgehead atoms. The number of carbonyl (C=O) groups is 1. The number of hydrogen-bond acceptors (Lipinski definition) is 3. The van der Waals surface area contributed by atoms with Gasteiger partial charge in [0.1, 0.15) is 0 Å². The van der Waals surface area contributed by atoms with E-state index in [2.05, 4.69) is 44.6 Å². The quantitative estimate of drug-likeness (QED) is 0.191. The van der Waals surface area contributed by atoms with Crippen molar-refractivity contribution in [2.45, 2.75) is 74.3 Å². The average molecular weight is 483 g/mol. The predicted octanol–water partition coefficient (Wildman–Crippen LogP) is 8.15. The lowest BCUT2D eigenvalue weighted by Crippen LogP contribution is -2.18. The Labute approximate surface area is 212 Å². The first-order valence-electron chi connectivity index (χ1n) is 12.4. The summed E-state index contributed by atoms with van der Waals surface area (Å²) in [6, 6.07) is 4.39. The largest absolute Gasteiger partial charge is 0.347 e. The van der Waals surface area contributed by atoms with E-state index in [1.165, 1.54) is 18.3 Å². The van der Waals surface area contributed by atoms with Crippen LogP contribution in [0.4, 0.5) is 4.39 Å². The van der Waals surface area contributed by atoms with Crippen molar-refractivity contribution in [2.24, 2.45) is 5.92 Å². The van der Waals surface area contributed by atoms with Crippen LogP contribution in [0, 0.1) is 11.9 Å². The highest BCUT2D eigenvalue weighted by molar-refractivity contribution is 6.04. The monoisotopic (exact) mass is 482 g/mol. The van der Waals surface area contributed by atoms with Crippen molar-refractivity contribution >= 4 is 16.9 Å². The number of aryl methyl sites for hydroxylation is 1. The second-order valence-corrected chi connectivity index (χ2v) is 8.02. The van der Waals surface area contributed by atoms with Crippen LogP contribution in [0.3, 0.4) is 0 Å². The molecular formula is C30H43FN2O2. The smallest absolute Gasteiger partial charge is 0.212 e. The van der Waals surface area contributed by atoms with Crippen LogP contribution >= 0.6 is 0 Å². The maximum Gasteiger partial charge on any atom is 0.212 e. The molecular weight excluding hydrogens is 439 g/mol. The fourth-order valence-corrected chi connectivity index (χ4v) is 3.15. The van der Waals surface area contributed by atoms with Gasteiger partial charge in [-0.1, -0.05) is 61.6 Å². The molecule has 3 rings (SSSR count). The summed E-state index contributed by atoms with van der Waals surface area (Å²) in [6.07, 6.45) is 8.73. The fraction of sp³-hybridized carbons (Fsp3) is 0.400. The fourth-order valence-electron chi connectivity index (χ4n) is 3.15. The van der Waals surface area contributed by atoms with Crippen LogP contribution < -0.4 is 5.43 Å². The van der Waals surface area contributed by atoms with E-state index in [0.29, 0.717) is 11.1 Å². The highest BCUT2D eigenvalue weighted by Crippen LogP contribution is 2.28. The van der Waals surface area contributed by atoms with Crippen molar-refractivity contribution in [2.75, 3.05) is 0 Å². The van der Waals surface area contributed by atoms with Gasteiger partial charge < -0.3 is 4.57 Å². The van der Waals surface area contributed by atoms with Crippen LogP contribution in [0.5, 0.6) is 0 Å². The second-order valence-electron chi connectivity index (χ2n) is 8.02. The van der Waals surface area contributed by atoms with Gasteiger partial charge >= 0.3 is 0 Å². The molecule has 0 amide bonds. The van der Waals surface area contributed by atoms with Gasteiger partial charge in [-0.3, -0.25) is 9.59 Å². The Morgan fingerprint density at radius 2 is 1.83 bits per heavy atom. The summed E-state index contributed by atoms with van der Waals surface area (Å²) in [5.74, 6) is -0.102. The first kappa shape index (κ1) is 31.7. The molecule has 2 aromatic rings. The molecule has 0 unspecified atom stereocenters. The minimum atomic E-state index is -0.555. The molecule has 1 aliphatic heterocycles. The van der Waals surface area contributed by atoms with Gasteiger partial charge in [-0.05, 0) is 55.0 Å². The summed E-state index contributed by atoms with van der Waals surface area (Å²) < 4.78 is 15.0. The number of ketones is 1. The zero-order valence-electron chi connectivity index (χ0n) is 22.5. The lowest BCUT2D eigenvalue weighted by molar-refractivity contribution is 0.104. The van der Waals surface area contributed by atoms with Crippen molar-refractivity contribution in [3.63, 3.8) is 0 Å². The standard InChI is InChI=1S/C22H19FN2O2.C4H10.2C2H6.H2/c1-3-15(17-8-9-22(23)24-13-17)11-16-7-5-6-10-25-14-18(20(26)4-2)21(27)12-19(16)25;1-4(2)3;2*1-2;/h4,8-9,11-14H,1-2,5-7,10H2;4H,1-3H3;2*1-2H3;1H/b16-11+;;;;.